The zero-order valence-electron chi connectivity index (χ0n) is 15.9. The quantitative estimate of drug-likeness (QED) is 0.842. The number of nitrogens with zero attached hydrogens (tertiary/aromatic N) is 1. The van der Waals surface area contributed by atoms with Crippen LogP contribution in [0.5, 0.6) is 0 Å². The Kier molecular flexibility index (Phi) is 6.08. The van der Waals surface area contributed by atoms with Gasteiger partial charge in [0.2, 0.25) is 10.0 Å². The molecular formula is C20H26N2O3S. The van der Waals surface area contributed by atoms with Gasteiger partial charge in [-0.05, 0) is 55.2 Å². The third-order valence-corrected chi connectivity index (χ3v) is 5.72. The summed E-state index contributed by atoms with van der Waals surface area (Å²) in [5, 5.41) is 2.99. The molecule has 6 heteroatoms. The van der Waals surface area contributed by atoms with Crippen molar-refractivity contribution < 1.29 is 13.2 Å². The molecular weight excluding hydrogens is 348 g/mol. The maximum Gasteiger partial charge on any atom is 0.251 e. The lowest BCUT2D eigenvalue weighted by Crippen LogP contribution is -2.28. The number of hydrogen-bond donors (Lipinski definition) is 1. The number of anilines is 1. The molecule has 0 saturated carbocycles. The Morgan fingerprint density at radius 1 is 1.15 bits per heavy atom. The Morgan fingerprint density at radius 3 is 2.27 bits per heavy atom. The summed E-state index contributed by atoms with van der Waals surface area (Å²) in [6.45, 7) is 5.84. The van der Waals surface area contributed by atoms with Gasteiger partial charge in [0.25, 0.3) is 5.91 Å². The van der Waals surface area contributed by atoms with Crippen LogP contribution in [-0.2, 0) is 16.4 Å². The normalized spacial score (nSPS) is 12.5. The highest BCUT2D eigenvalue weighted by molar-refractivity contribution is 7.92. The zero-order chi connectivity index (χ0) is 19.5. The fourth-order valence-corrected chi connectivity index (χ4v) is 3.30. The lowest BCUT2D eigenvalue weighted by Gasteiger charge is -2.20. The second-order valence-electron chi connectivity index (χ2n) is 6.52. The Morgan fingerprint density at radius 2 is 1.77 bits per heavy atom. The smallest absolute Gasteiger partial charge is 0.251 e. The maximum absolute atomic E-state index is 12.5. The largest absolute Gasteiger partial charge is 0.346 e. The first kappa shape index (κ1) is 20.0. The van der Waals surface area contributed by atoms with Gasteiger partial charge in [-0.15, -0.1) is 0 Å². The first-order chi connectivity index (χ1) is 12.1. The van der Waals surface area contributed by atoms with Crippen molar-refractivity contribution in [1.29, 1.82) is 0 Å². The van der Waals surface area contributed by atoms with E-state index in [2.05, 4.69) is 24.4 Å². The number of benzene rings is 2. The van der Waals surface area contributed by atoms with Crippen LogP contribution in [0.2, 0.25) is 0 Å². The molecule has 26 heavy (non-hydrogen) atoms. The number of carbonyl (C=O) groups excluding carboxylic acids is 1. The van der Waals surface area contributed by atoms with Crippen molar-refractivity contribution in [3.8, 4) is 0 Å². The van der Waals surface area contributed by atoms with Crippen LogP contribution in [-0.4, -0.2) is 27.6 Å². The molecule has 0 fully saturated rings. The Balaban J connectivity index is 2.15. The van der Waals surface area contributed by atoms with Crippen LogP contribution in [0.15, 0.2) is 42.5 Å². The monoisotopic (exact) mass is 374 g/mol. The molecule has 0 saturated heterocycles. The topological polar surface area (TPSA) is 66.5 Å². The number of amides is 1. The van der Waals surface area contributed by atoms with E-state index in [4.69, 9.17) is 0 Å². The summed E-state index contributed by atoms with van der Waals surface area (Å²) in [7, 11) is -1.84. The first-order valence-electron chi connectivity index (χ1n) is 8.57. The van der Waals surface area contributed by atoms with Gasteiger partial charge in [0.05, 0.1) is 18.0 Å². The summed E-state index contributed by atoms with van der Waals surface area (Å²) in [5.74, 6) is -0.186. The van der Waals surface area contributed by atoms with Crippen LogP contribution in [0.3, 0.4) is 0 Å². The molecule has 0 aliphatic rings. The van der Waals surface area contributed by atoms with Crippen molar-refractivity contribution in [3.63, 3.8) is 0 Å². The fourth-order valence-electron chi connectivity index (χ4n) is 2.73. The van der Waals surface area contributed by atoms with E-state index in [0.29, 0.717) is 11.3 Å². The molecule has 0 spiro atoms. The van der Waals surface area contributed by atoms with Crippen molar-refractivity contribution in [2.45, 2.75) is 33.2 Å². The lowest BCUT2D eigenvalue weighted by molar-refractivity contribution is 0.0940. The SMILES string of the molecule is CCc1ccc([C@@H](C)NC(=O)c2ccc(N(C)S(C)(=O)=O)c(C)c2)cc1. The second kappa shape index (κ2) is 7.91. The third-order valence-electron chi connectivity index (χ3n) is 4.53. The second-order valence-corrected chi connectivity index (χ2v) is 8.54. The van der Waals surface area contributed by atoms with Gasteiger partial charge in [-0.25, -0.2) is 8.42 Å². The van der Waals surface area contributed by atoms with Crippen molar-refractivity contribution in [2.24, 2.45) is 0 Å². The summed E-state index contributed by atoms with van der Waals surface area (Å²) < 4.78 is 24.6. The van der Waals surface area contributed by atoms with Crippen LogP contribution in [0.25, 0.3) is 0 Å². The molecule has 0 aliphatic heterocycles. The summed E-state index contributed by atoms with van der Waals surface area (Å²) in [6, 6.07) is 13.1. The number of hydrogen-bond acceptors (Lipinski definition) is 3. The molecule has 0 unspecified atom stereocenters. The van der Waals surface area contributed by atoms with Crippen LogP contribution in [0.1, 0.15) is 46.9 Å². The molecule has 0 aromatic heterocycles. The molecule has 5 nitrogen and oxygen atoms in total. The predicted octanol–water partition coefficient (Wildman–Crippen LogP) is 3.44. The Labute approximate surface area is 156 Å². The number of sulfonamides is 1. The van der Waals surface area contributed by atoms with E-state index in [-0.39, 0.29) is 11.9 Å². The highest BCUT2D eigenvalue weighted by atomic mass is 32.2. The first-order valence-corrected chi connectivity index (χ1v) is 10.4. The predicted molar refractivity (Wildman–Crippen MR) is 106 cm³/mol. The Hall–Kier alpha value is -2.34. The highest BCUT2D eigenvalue weighted by Gasteiger charge is 2.17. The van der Waals surface area contributed by atoms with E-state index in [1.807, 2.05) is 19.1 Å². The lowest BCUT2D eigenvalue weighted by atomic mass is 10.0. The molecule has 0 radical (unpaired) electrons. The van der Waals surface area contributed by atoms with Crippen LogP contribution in [0.4, 0.5) is 5.69 Å². The van der Waals surface area contributed by atoms with Crippen LogP contribution in [0, 0.1) is 6.92 Å². The molecule has 1 N–H and O–H groups in total. The van der Waals surface area contributed by atoms with Gasteiger partial charge in [0.1, 0.15) is 0 Å². The van der Waals surface area contributed by atoms with Crippen molar-refractivity contribution in [3.05, 3.63) is 64.7 Å². The average Bonchev–Trinajstić information content (AvgIpc) is 2.60. The molecule has 0 aliphatic carbocycles. The van der Waals surface area contributed by atoms with E-state index in [1.165, 1.54) is 16.9 Å². The standard InChI is InChI=1S/C20H26N2O3S/c1-6-16-7-9-17(10-8-16)15(3)21-20(23)18-11-12-19(14(2)13-18)22(4)26(5,24)25/h7-13,15H,6H2,1-5H3,(H,21,23)/t15-/m1/s1. The van der Waals surface area contributed by atoms with E-state index in [0.717, 1.165) is 23.8 Å². The molecule has 1 atom stereocenters. The van der Waals surface area contributed by atoms with Gasteiger partial charge in [-0.2, -0.15) is 0 Å². The fraction of sp³-hybridized carbons (Fsp3) is 0.350. The molecule has 0 heterocycles. The molecule has 1 amide bonds. The minimum Gasteiger partial charge on any atom is -0.346 e. The summed E-state index contributed by atoms with van der Waals surface area (Å²) in [4.78, 5) is 12.5. The summed E-state index contributed by atoms with van der Waals surface area (Å²) in [6.07, 6.45) is 2.13. The van der Waals surface area contributed by atoms with E-state index < -0.39 is 10.0 Å². The minimum atomic E-state index is -3.34. The summed E-state index contributed by atoms with van der Waals surface area (Å²) in [5.41, 5.74) is 4.09. The number of aryl methyl sites for hydroxylation is 2. The van der Waals surface area contributed by atoms with Gasteiger partial charge in [0, 0.05) is 12.6 Å². The van der Waals surface area contributed by atoms with Gasteiger partial charge < -0.3 is 5.32 Å². The molecule has 0 bridgehead atoms. The third kappa shape index (κ3) is 4.64. The minimum absolute atomic E-state index is 0.118. The maximum atomic E-state index is 12.5. The van der Waals surface area contributed by atoms with Crippen LogP contribution >= 0.6 is 0 Å². The van der Waals surface area contributed by atoms with Gasteiger partial charge >= 0.3 is 0 Å². The van der Waals surface area contributed by atoms with E-state index in [9.17, 15) is 13.2 Å². The van der Waals surface area contributed by atoms with E-state index in [1.54, 1.807) is 25.1 Å². The zero-order valence-corrected chi connectivity index (χ0v) is 16.7. The number of rotatable bonds is 6. The Bertz CT molecular complexity index is 890. The van der Waals surface area contributed by atoms with Gasteiger partial charge in [-0.1, -0.05) is 31.2 Å². The highest BCUT2D eigenvalue weighted by Crippen LogP contribution is 2.23. The molecule has 2 aromatic carbocycles. The van der Waals surface area contributed by atoms with Gasteiger partial charge in [0.15, 0.2) is 0 Å². The van der Waals surface area contributed by atoms with Crippen molar-refractivity contribution >= 4 is 21.6 Å². The number of nitrogens with one attached hydrogen (secondary N) is 1. The van der Waals surface area contributed by atoms with Crippen molar-refractivity contribution in [1.82, 2.24) is 5.32 Å². The van der Waals surface area contributed by atoms with Crippen molar-refractivity contribution in [2.75, 3.05) is 17.6 Å². The molecule has 2 rings (SSSR count). The summed E-state index contributed by atoms with van der Waals surface area (Å²) >= 11 is 0. The van der Waals surface area contributed by atoms with E-state index >= 15 is 0 Å². The average molecular weight is 375 g/mol. The molecule has 2 aromatic rings. The van der Waals surface area contributed by atoms with Crippen LogP contribution < -0.4 is 9.62 Å². The number of carbonyl (C=O) groups is 1. The van der Waals surface area contributed by atoms with Gasteiger partial charge in [-0.3, -0.25) is 9.10 Å². The molecule has 140 valence electrons.